The van der Waals surface area contributed by atoms with Crippen LogP contribution in [0.4, 0.5) is 20.3 Å². The van der Waals surface area contributed by atoms with Crippen molar-refractivity contribution in [2.24, 2.45) is 0 Å². The summed E-state index contributed by atoms with van der Waals surface area (Å²) in [6, 6.07) is 12.1. The number of aryl methyl sites for hydroxylation is 2. The Balaban J connectivity index is 0.00000106. The summed E-state index contributed by atoms with van der Waals surface area (Å²) in [7, 11) is 4.88. The summed E-state index contributed by atoms with van der Waals surface area (Å²) in [4.78, 5) is 59.9. The maximum atomic E-state index is 16.2. The van der Waals surface area contributed by atoms with Gasteiger partial charge in [0.2, 0.25) is 24.1 Å². The number of piperidine rings is 2. The smallest absolute Gasteiger partial charge is 0.249 e. The molecule has 0 radical (unpaired) electrons. The SMILES string of the molecule is CN(C)C=O.COc1cc(C2CCN(c3ccc(-c4cc(C5=CCCN(C(=O)CCn6cccn6)C5)c(F)c5[nH]c(C)cc45)cn3)CC2)c(F)cc1NC1CCC(=O)NC1=O. The zero-order chi connectivity index (χ0) is 43.2. The number of methoxy groups -OCH3 is 1. The molecule has 61 heavy (non-hydrogen) atoms. The van der Waals surface area contributed by atoms with Crippen LogP contribution in [0, 0.1) is 18.6 Å². The Morgan fingerprint density at radius 1 is 1.07 bits per heavy atom. The van der Waals surface area contributed by atoms with Gasteiger partial charge in [0.1, 0.15) is 23.4 Å². The Morgan fingerprint density at radius 2 is 1.85 bits per heavy atom. The summed E-state index contributed by atoms with van der Waals surface area (Å²) in [5.74, 6) is -0.254. The molecule has 3 aliphatic rings. The first-order valence-corrected chi connectivity index (χ1v) is 20.5. The third-order valence-electron chi connectivity index (χ3n) is 11.4. The third kappa shape index (κ3) is 9.74. The van der Waals surface area contributed by atoms with Crippen LogP contribution in [-0.2, 0) is 25.7 Å². The number of amides is 4. The van der Waals surface area contributed by atoms with Crippen molar-refractivity contribution in [2.75, 3.05) is 57.6 Å². The van der Waals surface area contributed by atoms with Crippen LogP contribution in [0.1, 0.15) is 61.3 Å². The van der Waals surface area contributed by atoms with Gasteiger partial charge in [-0.2, -0.15) is 5.10 Å². The van der Waals surface area contributed by atoms with Crippen molar-refractivity contribution in [1.29, 1.82) is 0 Å². The molecule has 1 atom stereocenters. The number of carbonyl (C=O) groups excluding carboxylic acids is 4. The van der Waals surface area contributed by atoms with Crippen molar-refractivity contribution in [2.45, 2.75) is 64.0 Å². The minimum Gasteiger partial charge on any atom is -0.495 e. The molecule has 16 heteroatoms. The fourth-order valence-corrected chi connectivity index (χ4v) is 8.15. The summed E-state index contributed by atoms with van der Waals surface area (Å²) in [5.41, 5.74) is 5.13. The fraction of sp³-hybridized carbons (Fsp3) is 0.378. The molecule has 320 valence electrons. The molecule has 3 N–H and O–H groups in total. The molecule has 2 aromatic carbocycles. The Bertz CT molecular complexity index is 2420. The largest absolute Gasteiger partial charge is 0.495 e. The van der Waals surface area contributed by atoms with Crippen molar-refractivity contribution < 1.29 is 32.7 Å². The van der Waals surface area contributed by atoms with Crippen LogP contribution in [0.2, 0.25) is 0 Å². The van der Waals surface area contributed by atoms with Crippen LogP contribution < -0.4 is 20.3 Å². The number of nitrogens with one attached hydrogen (secondary N) is 3. The molecule has 1 unspecified atom stereocenters. The highest BCUT2D eigenvalue weighted by molar-refractivity contribution is 6.02. The predicted molar refractivity (Wildman–Crippen MR) is 229 cm³/mol. The first kappa shape index (κ1) is 42.5. The summed E-state index contributed by atoms with van der Waals surface area (Å²) in [6.45, 7) is 4.64. The number of rotatable bonds is 11. The first-order chi connectivity index (χ1) is 29.4. The van der Waals surface area contributed by atoms with Crippen LogP contribution in [0.25, 0.3) is 27.6 Å². The first-order valence-electron chi connectivity index (χ1n) is 20.5. The molecule has 5 aromatic rings. The lowest BCUT2D eigenvalue weighted by Crippen LogP contribution is -2.47. The van der Waals surface area contributed by atoms with Gasteiger partial charge in [-0.1, -0.05) is 6.08 Å². The lowest BCUT2D eigenvalue weighted by molar-refractivity contribution is -0.134. The number of H-pyrrole nitrogens is 1. The molecule has 0 aliphatic carbocycles. The zero-order valence-corrected chi connectivity index (χ0v) is 34.8. The number of pyridine rings is 1. The number of anilines is 2. The van der Waals surface area contributed by atoms with E-state index in [-0.39, 0.29) is 35.8 Å². The molecule has 8 rings (SSSR count). The van der Waals surface area contributed by atoms with Gasteiger partial charge in [-0.25, -0.2) is 13.8 Å². The Hall–Kier alpha value is -6.58. The molecule has 0 spiro atoms. The van der Waals surface area contributed by atoms with Crippen molar-refractivity contribution in [1.82, 2.24) is 34.9 Å². The number of benzene rings is 2. The lowest BCUT2D eigenvalue weighted by atomic mass is 9.88. The Kier molecular flexibility index (Phi) is 13.1. The van der Waals surface area contributed by atoms with Crippen LogP contribution in [0.15, 0.2) is 67.1 Å². The highest BCUT2D eigenvalue weighted by Crippen LogP contribution is 2.39. The van der Waals surface area contributed by atoms with E-state index in [9.17, 15) is 19.2 Å². The monoisotopic (exact) mass is 835 g/mol. The summed E-state index contributed by atoms with van der Waals surface area (Å²) >= 11 is 0. The van der Waals surface area contributed by atoms with Crippen molar-refractivity contribution in [3.63, 3.8) is 0 Å². The molecule has 2 saturated heterocycles. The van der Waals surface area contributed by atoms with Crippen molar-refractivity contribution >= 4 is 52.1 Å². The summed E-state index contributed by atoms with van der Waals surface area (Å²) in [6.07, 6.45) is 11.0. The molecule has 4 amide bonds. The molecular weight excluding hydrogens is 785 g/mol. The molecule has 14 nitrogen and oxygen atoms in total. The minimum absolute atomic E-state index is 0.00875. The molecule has 3 aromatic heterocycles. The van der Waals surface area contributed by atoms with E-state index >= 15 is 8.78 Å². The number of aromatic amines is 1. The van der Waals surface area contributed by atoms with E-state index in [1.165, 1.54) is 18.1 Å². The quantitative estimate of drug-likeness (QED) is 0.107. The average Bonchev–Trinajstić information content (AvgIpc) is 3.94. The number of nitrogens with zero attached hydrogens (tertiary/aromatic N) is 6. The van der Waals surface area contributed by atoms with Crippen LogP contribution in [0.3, 0.4) is 0 Å². The van der Waals surface area contributed by atoms with Crippen LogP contribution >= 0.6 is 0 Å². The van der Waals surface area contributed by atoms with Gasteiger partial charge in [0.05, 0.1) is 18.3 Å². The van der Waals surface area contributed by atoms with Gasteiger partial charge in [0.15, 0.2) is 5.82 Å². The summed E-state index contributed by atoms with van der Waals surface area (Å²) < 4.78 is 39.1. The molecule has 3 aliphatic heterocycles. The predicted octanol–water partition coefficient (Wildman–Crippen LogP) is 6.03. The van der Waals surface area contributed by atoms with Gasteiger partial charge in [-0.3, -0.25) is 29.2 Å². The summed E-state index contributed by atoms with van der Waals surface area (Å²) in [5, 5.41) is 10.3. The molecule has 2 fully saturated rings. The van der Waals surface area contributed by atoms with E-state index in [2.05, 4.69) is 25.6 Å². The fourth-order valence-electron chi connectivity index (χ4n) is 8.15. The highest BCUT2D eigenvalue weighted by Gasteiger charge is 2.30. The second kappa shape index (κ2) is 18.8. The normalized spacial score (nSPS) is 17.0. The molecular formula is C45H51F2N9O5. The number of fused-ring (bicyclic) bond motifs is 1. The standard InChI is InChI=1S/C42H44F2N8O4.C3H7NO/c1-25-19-32-29(20-31(40(44)41(32)47-25)28-5-3-14-51(24-28)39(54)12-18-52-15-4-13-46-52)27-6-8-37(45-23-27)50-16-10-26(11-17-50)30-21-36(56-2)35(22-33(30)43)48-34-7-9-38(53)49-42(34)55;1-4(2)3-5/h4-6,8,13,15,19-23,26,34,47-48H,3,7,9-12,14,16-18,24H2,1-2H3,(H,49,53,55);3H,1-2H3. The maximum absolute atomic E-state index is 16.2. The third-order valence-corrected chi connectivity index (χ3v) is 11.4. The maximum Gasteiger partial charge on any atom is 0.249 e. The van der Waals surface area contributed by atoms with Gasteiger partial charge in [0.25, 0.3) is 0 Å². The molecule has 0 bridgehead atoms. The van der Waals surface area contributed by atoms with E-state index in [0.717, 1.165) is 40.0 Å². The average molecular weight is 836 g/mol. The van der Waals surface area contributed by atoms with E-state index in [1.807, 2.05) is 55.7 Å². The van der Waals surface area contributed by atoms with Crippen LogP contribution in [0.5, 0.6) is 5.75 Å². The van der Waals surface area contributed by atoms with E-state index in [1.54, 1.807) is 35.9 Å². The molecule has 6 heterocycles. The van der Waals surface area contributed by atoms with Crippen molar-refractivity contribution in [3.8, 4) is 16.9 Å². The number of hydrogen-bond donors (Lipinski definition) is 3. The molecule has 0 saturated carbocycles. The van der Waals surface area contributed by atoms with E-state index in [0.29, 0.717) is 92.9 Å². The number of halogens is 2. The second-order valence-electron chi connectivity index (χ2n) is 15.8. The minimum atomic E-state index is -0.654. The zero-order valence-electron chi connectivity index (χ0n) is 34.8. The van der Waals surface area contributed by atoms with E-state index < -0.39 is 11.9 Å². The van der Waals surface area contributed by atoms with Crippen molar-refractivity contribution in [3.05, 3.63) is 95.6 Å². The van der Waals surface area contributed by atoms with Crippen LogP contribution in [-0.4, -0.2) is 107 Å². The highest BCUT2D eigenvalue weighted by atomic mass is 19.1. The number of hydrogen-bond acceptors (Lipinski definition) is 9. The Labute approximate surface area is 352 Å². The topological polar surface area (TPSA) is 158 Å². The number of aromatic nitrogens is 4. The van der Waals surface area contributed by atoms with Gasteiger partial charge < -0.3 is 29.7 Å². The number of carbonyl (C=O) groups is 4. The number of imide groups is 1. The van der Waals surface area contributed by atoms with Gasteiger partial charge in [-0.15, -0.1) is 0 Å². The lowest BCUT2D eigenvalue weighted by Gasteiger charge is -2.33. The second-order valence-corrected chi connectivity index (χ2v) is 15.8. The van der Waals surface area contributed by atoms with E-state index in [4.69, 9.17) is 9.72 Å². The van der Waals surface area contributed by atoms with Gasteiger partial charge in [-0.05, 0) is 91.6 Å². The van der Waals surface area contributed by atoms with Gasteiger partial charge >= 0.3 is 0 Å². The van der Waals surface area contributed by atoms with Gasteiger partial charge in [0, 0.05) is 107 Å². The number of ether oxygens (including phenoxy) is 1. The Morgan fingerprint density at radius 3 is 2.52 bits per heavy atom.